The number of rotatable bonds is 7. The van der Waals surface area contributed by atoms with E-state index in [9.17, 15) is 10.4 Å². The molecule has 130 valence electrons. The van der Waals surface area contributed by atoms with Crippen molar-refractivity contribution in [3.63, 3.8) is 0 Å². The molecule has 1 fully saturated rings. The smallest absolute Gasteiger partial charge is 0.118 e. The Morgan fingerprint density at radius 2 is 1.56 bits per heavy atom. The van der Waals surface area contributed by atoms with Crippen molar-refractivity contribution in [2.45, 2.75) is 30.0 Å². The first kappa shape index (κ1) is 18.0. The fraction of sp³-hybridized carbons (Fsp3) is 0.350. The standard InChI is InChI=1S/C20H21NO3S/c21-11-17-19(24-13-16-9-5-2-6-10-16)18(25-20(17)22)14-23-12-15-7-3-1-4-8-15/h1-10,17-20,22H,12-14H2. The molecule has 0 saturated carbocycles. The highest BCUT2D eigenvalue weighted by molar-refractivity contribution is 8.00. The number of thioether (sulfide) groups is 1. The molecule has 0 aliphatic carbocycles. The predicted molar refractivity (Wildman–Crippen MR) is 97.6 cm³/mol. The van der Waals surface area contributed by atoms with Crippen molar-refractivity contribution in [1.29, 1.82) is 5.26 Å². The van der Waals surface area contributed by atoms with Gasteiger partial charge in [0.05, 0.1) is 37.2 Å². The Morgan fingerprint density at radius 1 is 0.960 bits per heavy atom. The van der Waals surface area contributed by atoms with Crippen LogP contribution in [0.15, 0.2) is 60.7 Å². The number of aliphatic hydroxyl groups is 1. The Labute approximate surface area is 152 Å². The van der Waals surface area contributed by atoms with E-state index in [1.54, 1.807) is 0 Å². The van der Waals surface area contributed by atoms with Crippen molar-refractivity contribution < 1.29 is 14.6 Å². The highest BCUT2D eigenvalue weighted by Crippen LogP contribution is 2.39. The first-order valence-electron chi connectivity index (χ1n) is 8.28. The van der Waals surface area contributed by atoms with E-state index < -0.39 is 11.4 Å². The van der Waals surface area contributed by atoms with E-state index in [2.05, 4.69) is 6.07 Å². The molecular weight excluding hydrogens is 334 g/mol. The van der Waals surface area contributed by atoms with Gasteiger partial charge in [-0.2, -0.15) is 5.26 Å². The maximum Gasteiger partial charge on any atom is 0.118 e. The van der Waals surface area contributed by atoms with Crippen molar-refractivity contribution in [2.24, 2.45) is 5.92 Å². The minimum Gasteiger partial charge on any atom is -0.381 e. The average Bonchev–Trinajstić information content (AvgIpc) is 2.96. The zero-order valence-electron chi connectivity index (χ0n) is 13.8. The summed E-state index contributed by atoms with van der Waals surface area (Å²) in [5, 5.41) is 19.5. The molecule has 1 heterocycles. The van der Waals surface area contributed by atoms with Gasteiger partial charge in [-0.1, -0.05) is 60.7 Å². The third-order valence-electron chi connectivity index (χ3n) is 4.17. The molecule has 4 atom stereocenters. The van der Waals surface area contributed by atoms with Gasteiger partial charge < -0.3 is 14.6 Å². The van der Waals surface area contributed by atoms with Gasteiger partial charge in [-0.15, -0.1) is 11.8 Å². The molecule has 0 spiro atoms. The third kappa shape index (κ3) is 4.83. The molecule has 1 aliphatic rings. The normalized spacial score (nSPS) is 25.6. The summed E-state index contributed by atoms with van der Waals surface area (Å²) in [4.78, 5) is 0. The molecule has 2 aromatic rings. The minimum absolute atomic E-state index is 0.0629. The summed E-state index contributed by atoms with van der Waals surface area (Å²) in [6, 6.07) is 22.0. The van der Waals surface area contributed by atoms with E-state index in [1.807, 2.05) is 60.7 Å². The Balaban J connectivity index is 1.57. The zero-order chi connectivity index (χ0) is 17.5. The molecule has 2 aromatic carbocycles. The number of nitrogens with zero attached hydrogens (tertiary/aromatic N) is 1. The maximum atomic E-state index is 10.1. The second-order valence-corrected chi connectivity index (χ2v) is 7.34. The number of benzene rings is 2. The summed E-state index contributed by atoms with van der Waals surface area (Å²) in [5.41, 5.74) is 1.41. The molecule has 3 rings (SSSR count). The van der Waals surface area contributed by atoms with E-state index in [4.69, 9.17) is 9.47 Å². The number of ether oxygens (including phenoxy) is 2. The monoisotopic (exact) mass is 355 g/mol. The van der Waals surface area contributed by atoms with Crippen LogP contribution in [0, 0.1) is 17.2 Å². The molecule has 25 heavy (non-hydrogen) atoms. The lowest BCUT2D eigenvalue weighted by molar-refractivity contribution is -0.0119. The van der Waals surface area contributed by atoms with Crippen molar-refractivity contribution in [2.75, 3.05) is 6.61 Å². The Morgan fingerprint density at radius 3 is 2.16 bits per heavy atom. The van der Waals surface area contributed by atoms with Crippen LogP contribution < -0.4 is 0 Å². The summed E-state index contributed by atoms with van der Waals surface area (Å²) in [7, 11) is 0. The van der Waals surface area contributed by atoms with Crippen molar-refractivity contribution >= 4 is 11.8 Å². The SMILES string of the molecule is N#CC1C(O)SC(COCc2ccccc2)C1OCc1ccccc1. The van der Waals surface area contributed by atoms with Crippen LogP contribution in [0.4, 0.5) is 0 Å². The Bertz CT molecular complexity index is 689. The molecule has 0 aromatic heterocycles. The summed E-state index contributed by atoms with van der Waals surface area (Å²) < 4.78 is 11.8. The van der Waals surface area contributed by atoms with Crippen LogP contribution in [0.25, 0.3) is 0 Å². The summed E-state index contributed by atoms with van der Waals surface area (Å²) in [5.74, 6) is -0.543. The lowest BCUT2D eigenvalue weighted by atomic mass is 10.0. The van der Waals surface area contributed by atoms with Crippen LogP contribution in [0.3, 0.4) is 0 Å². The lowest BCUT2D eigenvalue weighted by Gasteiger charge is -2.21. The zero-order valence-corrected chi connectivity index (χ0v) is 14.6. The van der Waals surface area contributed by atoms with Gasteiger partial charge in [0, 0.05) is 0 Å². The van der Waals surface area contributed by atoms with E-state index >= 15 is 0 Å². The van der Waals surface area contributed by atoms with Crippen LogP contribution in [-0.4, -0.2) is 28.5 Å². The molecule has 1 N–H and O–H groups in total. The molecule has 4 nitrogen and oxygen atoms in total. The molecule has 0 bridgehead atoms. The number of hydrogen-bond acceptors (Lipinski definition) is 5. The van der Waals surface area contributed by atoms with Gasteiger partial charge in [-0.25, -0.2) is 0 Å². The molecular formula is C20H21NO3S. The van der Waals surface area contributed by atoms with Crippen LogP contribution in [0.2, 0.25) is 0 Å². The van der Waals surface area contributed by atoms with Crippen molar-refractivity contribution in [3.8, 4) is 6.07 Å². The second-order valence-electron chi connectivity index (χ2n) is 5.98. The van der Waals surface area contributed by atoms with Crippen LogP contribution >= 0.6 is 11.8 Å². The quantitative estimate of drug-likeness (QED) is 0.825. The van der Waals surface area contributed by atoms with Crippen molar-refractivity contribution in [3.05, 3.63) is 71.8 Å². The summed E-state index contributed by atoms with van der Waals surface area (Å²) >= 11 is 1.36. The highest BCUT2D eigenvalue weighted by atomic mass is 32.2. The first-order chi connectivity index (χ1) is 12.3. The van der Waals surface area contributed by atoms with Gasteiger partial charge in [0.25, 0.3) is 0 Å². The van der Waals surface area contributed by atoms with E-state index in [0.717, 1.165) is 11.1 Å². The maximum absolute atomic E-state index is 10.1. The number of aliphatic hydroxyl groups excluding tert-OH is 1. The van der Waals surface area contributed by atoms with Gasteiger partial charge >= 0.3 is 0 Å². The number of hydrogen-bond donors (Lipinski definition) is 1. The molecule has 4 unspecified atom stereocenters. The lowest BCUT2D eigenvalue weighted by Crippen LogP contribution is -2.32. The van der Waals surface area contributed by atoms with E-state index in [0.29, 0.717) is 19.8 Å². The fourth-order valence-electron chi connectivity index (χ4n) is 2.85. The van der Waals surface area contributed by atoms with Gasteiger partial charge in [0.2, 0.25) is 0 Å². The second kappa shape index (κ2) is 9.02. The summed E-state index contributed by atoms with van der Waals surface area (Å²) in [6.07, 6.45) is -0.346. The van der Waals surface area contributed by atoms with E-state index in [-0.39, 0.29) is 11.4 Å². The predicted octanol–water partition coefficient (Wildman–Crippen LogP) is 3.36. The number of nitriles is 1. The summed E-state index contributed by atoms with van der Waals surface area (Å²) in [6.45, 7) is 1.37. The molecule has 0 radical (unpaired) electrons. The van der Waals surface area contributed by atoms with E-state index in [1.165, 1.54) is 11.8 Å². The third-order valence-corrected chi connectivity index (χ3v) is 5.50. The fourth-order valence-corrected chi connectivity index (χ4v) is 4.17. The van der Waals surface area contributed by atoms with Crippen LogP contribution in [-0.2, 0) is 22.7 Å². The minimum atomic E-state index is -0.740. The highest BCUT2D eigenvalue weighted by Gasteiger charge is 2.44. The topological polar surface area (TPSA) is 62.5 Å². The van der Waals surface area contributed by atoms with Crippen LogP contribution in [0.1, 0.15) is 11.1 Å². The Kier molecular flexibility index (Phi) is 6.48. The molecule has 1 saturated heterocycles. The molecule has 0 amide bonds. The van der Waals surface area contributed by atoms with Gasteiger partial charge in [-0.3, -0.25) is 0 Å². The van der Waals surface area contributed by atoms with Crippen molar-refractivity contribution in [1.82, 2.24) is 0 Å². The molecule has 5 heteroatoms. The van der Waals surface area contributed by atoms with Gasteiger partial charge in [0.15, 0.2) is 0 Å². The van der Waals surface area contributed by atoms with Gasteiger partial charge in [0.1, 0.15) is 11.4 Å². The largest absolute Gasteiger partial charge is 0.381 e. The van der Waals surface area contributed by atoms with Crippen LogP contribution in [0.5, 0.6) is 0 Å². The Hall–Kier alpha value is -1.84. The average molecular weight is 355 g/mol. The molecule has 1 aliphatic heterocycles. The first-order valence-corrected chi connectivity index (χ1v) is 9.22. The van der Waals surface area contributed by atoms with Gasteiger partial charge in [-0.05, 0) is 11.1 Å².